The largest absolute Gasteiger partial charge is 0.493 e. The average molecular weight is 289 g/mol. The van der Waals surface area contributed by atoms with Gasteiger partial charge in [0.15, 0.2) is 0 Å². The minimum Gasteiger partial charge on any atom is -0.493 e. The van der Waals surface area contributed by atoms with Gasteiger partial charge in [-0.1, -0.05) is 39.8 Å². The van der Waals surface area contributed by atoms with Crippen molar-refractivity contribution in [3.63, 3.8) is 0 Å². The van der Waals surface area contributed by atoms with Crippen LogP contribution in [0, 0.1) is 5.41 Å². The van der Waals surface area contributed by atoms with Crippen LogP contribution in [0.15, 0.2) is 18.2 Å². The minimum absolute atomic E-state index is 0.397. The van der Waals surface area contributed by atoms with Crippen LogP contribution in [-0.2, 0) is 12.8 Å². The molecule has 0 unspecified atom stereocenters. The van der Waals surface area contributed by atoms with Crippen LogP contribution in [0.2, 0.25) is 0 Å². The SMILES string of the molecule is CC(C)NCCC(C)(C)CCc1ccc2c(c1)CCCO2. The molecule has 2 heteroatoms. The van der Waals surface area contributed by atoms with Gasteiger partial charge in [0, 0.05) is 6.04 Å². The molecule has 0 saturated heterocycles. The Morgan fingerprint density at radius 3 is 2.81 bits per heavy atom. The zero-order valence-electron chi connectivity index (χ0n) is 14.2. The zero-order valence-corrected chi connectivity index (χ0v) is 14.2. The summed E-state index contributed by atoms with van der Waals surface area (Å²) in [6.45, 7) is 11.2. The third-order valence-corrected chi connectivity index (χ3v) is 4.42. The van der Waals surface area contributed by atoms with Crippen molar-refractivity contribution in [1.29, 1.82) is 0 Å². The fourth-order valence-corrected chi connectivity index (χ4v) is 2.88. The third-order valence-electron chi connectivity index (χ3n) is 4.42. The smallest absolute Gasteiger partial charge is 0.122 e. The van der Waals surface area contributed by atoms with E-state index in [1.165, 1.54) is 36.8 Å². The Hall–Kier alpha value is -1.02. The molecule has 0 amide bonds. The molecule has 118 valence electrons. The second-order valence-corrected chi connectivity index (χ2v) is 7.42. The molecule has 0 aromatic heterocycles. The van der Waals surface area contributed by atoms with E-state index in [0.29, 0.717) is 11.5 Å². The van der Waals surface area contributed by atoms with Crippen molar-refractivity contribution >= 4 is 0 Å². The van der Waals surface area contributed by atoms with Crippen LogP contribution in [0.25, 0.3) is 0 Å². The Morgan fingerprint density at radius 2 is 2.05 bits per heavy atom. The van der Waals surface area contributed by atoms with E-state index < -0.39 is 0 Å². The number of rotatable bonds is 7. The van der Waals surface area contributed by atoms with Gasteiger partial charge < -0.3 is 10.1 Å². The maximum absolute atomic E-state index is 5.69. The minimum atomic E-state index is 0.397. The highest BCUT2D eigenvalue weighted by atomic mass is 16.5. The molecular weight excluding hydrogens is 258 g/mol. The van der Waals surface area contributed by atoms with Crippen molar-refractivity contribution in [3.05, 3.63) is 29.3 Å². The maximum Gasteiger partial charge on any atom is 0.122 e. The van der Waals surface area contributed by atoms with Crippen LogP contribution in [0.4, 0.5) is 0 Å². The fraction of sp³-hybridized carbons (Fsp3) is 0.684. The van der Waals surface area contributed by atoms with Gasteiger partial charge >= 0.3 is 0 Å². The molecule has 1 aliphatic heterocycles. The molecule has 0 radical (unpaired) electrons. The highest BCUT2D eigenvalue weighted by molar-refractivity contribution is 5.38. The second-order valence-electron chi connectivity index (χ2n) is 7.42. The lowest BCUT2D eigenvalue weighted by atomic mass is 9.83. The summed E-state index contributed by atoms with van der Waals surface area (Å²) < 4.78 is 5.69. The van der Waals surface area contributed by atoms with E-state index in [1.807, 2.05) is 0 Å². The molecule has 1 aromatic rings. The Kier molecular flexibility index (Phi) is 5.69. The van der Waals surface area contributed by atoms with Crippen molar-refractivity contribution in [3.8, 4) is 5.75 Å². The second kappa shape index (κ2) is 7.31. The quantitative estimate of drug-likeness (QED) is 0.805. The molecule has 21 heavy (non-hydrogen) atoms. The Morgan fingerprint density at radius 1 is 1.24 bits per heavy atom. The summed E-state index contributed by atoms with van der Waals surface area (Å²) in [5, 5.41) is 3.52. The summed E-state index contributed by atoms with van der Waals surface area (Å²) in [4.78, 5) is 0. The first-order chi connectivity index (χ1) is 9.96. The first-order valence-corrected chi connectivity index (χ1v) is 8.44. The van der Waals surface area contributed by atoms with Crippen molar-refractivity contribution in [1.82, 2.24) is 5.32 Å². The van der Waals surface area contributed by atoms with Crippen molar-refractivity contribution in [2.75, 3.05) is 13.2 Å². The lowest BCUT2D eigenvalue weighted by Gasteiger charge is -2.26. The number of ether oxygens (including phenoxy) is 1. The number of nitrogens with one attached hydrogen (secondary N) is 1. The first kappa shape index (κ1) is 16.4. The maximum atomic E-state index is 5.69. The number of hydrogen-bond acceptors (Lipinski definition) is 2. The van der Waals surface area contributed by atoms with Crippen LogP contribution in [0.1, 0.15) is 58.1 Å². The predicted molar refractivity (Wildman–Crippen MR) is 90.1 cm³/mol. The van der Waals surface area contributed by atoms with E-state index in [0.717, 1.165) is 25.3 Å². The summed E-state index contributed by atoms with van der Waals surface area (Å²) in [5.74, 6) is 1.10. The fourth-order valence-electron chi connectivity index (χ4n) is 2.88. The molecule has 2 nitrogen and oxygen atoms in total. The monoisotopic (exact) mass is 289 g/mol. The van der Waals surface area contributed by atoms with Crippen molar-refractivity contribution in [2.45, 2.75) is 65.8 Å². The van der Waals surface area contributed by atoms with Gasteiger partial charge in [0.2, 0.25) is 0 Å². The van der Waals surface area contributed by atoms with Gasteiger partial charge in [-0.25, -0.2) is 0 Å². The molecule has 0 bridgehead atoms. The lowest BCUT2D eigenvalue weighted by Crippen LogP contribution is -2.28. The van der Waals surface area contributed by atoms with Gasteiger partial charge in [0.1, 0.15) is 5.75 Å². The molecular formula is C19H31NO. The van der Waals surface area contributed by atoms with E-state index in [-0.39, 0.29) is 0 Å². The Labute approximate surface area is 130 Å². The molecule has 0 spiro atoms. The molecule has 0 saturated carbocycles. The van der Waals surface area contributed by atoms with Crippen LogP contribution in [0.3, 0.4) is 0 Å². The molecule has 0 aliphatic carbocycles. The van der Waals surface area contributed by atoms with Crippen molar-refractivity contribution in [2.24, 2.45) is 5.41 Å². The van der Waals surface area contributed by atoms with E-state index in [4.69, 9.17) is 4.74 Å². The summed E-state index contributed by atoms with van der Waals surface area (Å²) >= 11 is 0. The van der Waals surface area contributed by atoms with Crippen molar-refractivity contribution < 1.29 is 4.74 Å². The Balaban J connectivity index is 1.84. The molecule has 1 heterocycles. The third kappa shape index (κ3) is 5.35. The molecule has 0 fully saturated rings. The summed E-state index contributed by atoms with van der Waals surface area (Å²) in [7, 11) is 0. The topological polar surface area (TPSA) is 21.3 Å². The molecule has 1 N–H and O–H groups in total. The molecule has 1 aliphatic rings. The first-order valence-electron chi connectivity index (χ1n) is 8.44. The standard InChI is InChI=1S/C19H31NO/c1-15(2)20-12-11-19(3,4)10-9-16-7-8-18-17(14-16)6-5-13-21-18/h7-8,14-15,20H,5-6,9-13H2,1-4H3. The van der Waals surface area contributed by atoms with Crippen LogP contribution < -0.4 is 10.1 Å². The van der Waals surface area contributed by atoms with E-state index in [9.17, 15) is 0 Å². The number of benzene rings is 1. The summed E-state index contributed by atoms with van der Waals surface area (Å²) in [5.41, 5.74) is 3.26. The molecule has 1 aromatic carbocycles. The van der Waals surface area contributed by atoms with E-state index in [1.54, 1.807) is 0 Å². The van der Waals surface area contributed by atoms with Crippen LogP contribution in [-0.4, -0.2) is 19.2 Å². The molecule has 0 atom stereocenters. The zero-order chi connectivity index (χ0) is 15.3. The number of aryl methyl sites for hydroxylation is 2. The number of hydrogen-bond donors (Lipinski definition) is 1. The van der Waals surface area contributed by atoms with Crippen LogP contribution in [0.5, 0.6) is 5.75 Å². The highest BCUT2D eigenvalue weighted by Gasteiger charge is 2.18. The highest BCUT2D eigenvalue weighted by Crippen LogP contribution is 2.29. The predicted octanol–water partition coefficient (Wildman–Crippen LogP) is 4.36. The normalized spacial score (nSPS) is 14.9. The summed E-state index contributed by atoms with van der Waals surface area (Å²) in [6, 6.07) is 7.35. The van der Waals surface area contributed by atoms with Crippen LogP contribution >= 0.6 is 0 Å². The van der Waals surface area contributed by atoms with E-state index >= 15 is 0 Å². The van der Waals surface area contributed by atoms with Gasteiger partial charge in [-0.05, 0) is 61.3 Å². The number of fused-ring (bicyclic) bond motifs is 1. The Bertz CT molecular complexity index is 451. The van der Waals surface area contributed by atoms with Gasteiger partial charge in [0.25, 0.3) is 0 Å². The van der Waals surface area contributed by atoms with Gasteiger partial charge in [-0.3, -0.25) is 0 Å². The van der Waals surface area contributed by atoms with Gasteiger partial charge in [0.05, 0.1) is 6.61 Å². The molecule has 2 rings (SSSR count). The summed E-state index contributed by atoms with van der Waals surface area (Å²) in [6.07, 6.45) is 5.97. The average Bonchev–Trinajstić information content (AvgIpc) is 2.44. The van der Waals surface area contributed by atoms with Gasteiger partial charge in [-0.15, -0.1) is 0 Å². The van der Waals surface area contributed by atoms with Gasteiger partial charge in [-0.2, -0.15) is 0 Å². The van der Waals surface area contributed by atoms with E-state index in [2.05, 4.69) is 51.2 Å². The lowest BCUT2D eigenvalue weighted by molar-refractivity contribution is 0.287.